The quantitative estimate of drug-likeness (QED) is 0.855. The lowest BCUT2D eigenvalue weighted by atomic mass is 9.91. The second kappa shape index (κ2) is 5.65. The average molecular weight is 242 g/mol. The molecule has 1 heterocycles. The van der Waals surface area contributed by atoms with Crippen LogP contribution >= 0.6 is 11.6 Å². The smallest absolute Gasteiger partial charge is 0.141 e. The van der Waals surface area contributed by atoms with Crippen LogP contribution in [0.2, 0.25) is 5.02 Å². The third-order valence-electron chi connectivity index (χ3n) is 3.28. The van der Waals surface area contributed by atoms with Crippen molar-refractivity contribution in [1.82, 2.24) is 5.32 Å². The molecule has 0 aliphatic carbocycles. The predicted molar refractivity (Wildman–Crippen MR) is 65.3 cm³/mol. The Labute approximate surface area is 101 Å². The van der Waals surface area contributed by atoms with Crippen LogP contribution in [0.1, 0.15) is 24.8 Å². The number of halogens is 2. The summed E-state index contributed by atoms with van der Waals surface area (Å²) in [7, 11) is 0. The highest BCUT2D eigenvalue weighted by atomic mass is 35.5. The maximum absolute atomic E-state index is 13.0. The zero-order valence-electron chi connectivity index (χ0n) is 9.31. The van der Waals surface area contributed by atoms with Gasteiger partial charge in [0.1, 0.15) is 5.82 Å². The SMILES string of the molecule is Fc1ccc(CCC2CCNCC2)cc1Cl. The summed E-state index contributed by atoms with van der Waals surface area (Å²) in [6.07, 6.45) is 4.71. The number of aryl methyl sites for hydroxylation is 1. The zero-order chi connectivity index (χ0) is 11.4. The molecule has 1 fully saturated rings. The minimum Gasteiger partial charge on any atom is -0.317 e. The lowest BCUT2D eigenvalue weighted by Crippen LogP contribution is -2.27. The molecule has 1 aliphatic rings. The molecule has 0 radical (unpaired) electrons. The largest absolute Gasteiger partial charge is 0.317 e. The molecule has 0 bridgehead atoms. The Hall–Kier alpha value is -0.600. The second-order valence-electron chi connectivity index (χ2n) is 4.48. The topological polar surface area (TPSA) is 12.0 Å². The normalized spacial score (nSPS) is 17.6. The van der Waals surface area contributed by atoms with Crippen LogP contribution < -0.4 is 5.32 Å². The number of piperidine rings is 1. The van der Waals surface area contributed by atoms with Gasteiger partial charge in [0.2, 0.25) is 0 Å². The summed E-state index contributed by atoms with van der Waals surface area (Å²) in [4.78, 5) is 0. The van der Waals surface area contributed by atoms with Gasteiger partial charge in [0.15, 0.2) is 0 Å². The van der Waals surface area contributed by atoms with Gasteiger partial charge >= 0.3 is 0 Å². The maximum atomic E-state index is 13.0. The molecule has 1 aromatic carbocycles. The molecule has 0 saturated carbocycles. The van der Waals surface area contributed by atoms with E-state index >= 15 is 0 Å². The standard InChI is InChI=1S/C13H17ClFN/c14-12-9-11(3-4-13(12)15)2-1-10-5-7-16-8-6-10/h3-4,9-10,16H,1-2,5-8H2. The van der Waals surface area contributed by atoms with Crippen molar-refractivity contribution in [3.8, 4) is 0 Å². The van der Waals surface area contributed by atoms with Crippen LogP contribution in [0.15, 0.2) is 18.2 Å². The van der Waals surface area contributed by atoms with Gasteiger partial charge in [-0.25, -0.2) is 4.39 Å². The number of benzene rings is 1. The molecule has 0 aromatic heterocycles. The van der Waals surface area contributed by atoms with Crippen molar-refractivity contribution in [3.63, 3.8) is 0 Å². The molecule has 0 unspecified atom stereocenters. The molecule has 2 rings (SSSR count). The summed E-state index contributed by atoms with van der Waals surface area (Å²) >= 11 is 5.75. The Bertz CT molecular complexity index is 348. The number of hydrogen-bond donors (Lipinski definition) is 1. The van der Waals surface area contributed by atoms with Crippen molar-refractivity contribution in [2.45, 2.75) is 25.7 Å². The Balaban J connectivity index is 1.86. The van der Waals surface area contributed by atoms with Gasteiger partial charge in [0.25, 0.3) is 0 Å². The molecule has 1 saturated heterocycles. The van der Waals surface area contributed by atoms with Crippen LogP contribution in [0.4, 0.5) is 4.39 Å². The molecular formula is C13H17ClFN. The monoisotopic (exact) mass is 241 g/mol. The number of hydrogen-bond acceptors (Lipinski definition) is 1. The summed E-state index contributed by atoms with van der Waals surface area (Å²) in [5.41, 5.74) is 1.14. The second-order valence-corrected chi connectivity index (χ2v) is 4.89. The molecule has 0 amide bonds. The van der Waals surface area contributed by atoms with E-state index in [0.29, 0.717) is 0 Å². The van der Waals surface area contributed by atoms with Crippen LogP contribution in [0.5, 0.6) is 0 Å². The van der Waals surface area contributed by atoms with Gasteiger partial charge < -0.3 is 5.32 Å². The molecule has 16 heavy (non-hydrogen) atoms. The molecule has 1 nitrogen and oxygen atoms in total. The van der Waals surface area contributed by atoms with Crippen LogP contribution in [-0.2, 0) is 6.42 Å². The van der Waals surface area contributed by atoms with Gasteiger partial charge in [0, 0.05) is 0 Å². The first-order valence-electron chi connectivity index (χ1n) is 5.90. The van der Waals surface area contributed by atoms with Crippen LogP contribution in [0.3, 0.4) is 0 Å². The van der Waals surface area contributed by atoms with E-state index < -0.39 is 0 Å². The van der Waals surface area contributed by atoms with E-state index in [0.717, 1.165) is 31.0 Å². The fourth-order valence-corrected chi connectivity index (χ4v) is 2.44. The van der Waals surface area contributed by atoms with Gasteiger partial charge in [-0.1, -0.05) is 17.7 Å². The maximum Gasteiger partial charge on any atom is 0.141 e. The summed E-state index contributed by atoms with van der Waals surface area (Å²) in [6, 6.07) is 5.04. The molecule has 1 aliphatic heterocycles. The molecule has 0 spiro atoms. The van der Waals surface area contributed by atoms with E-state index in [1.54, 1.807) is 6.07 Å². The Morgan fingerprint density at radius 3 is 2.75 bits per heavy atom. The van der Waals surface area contributed by atoms with E-state index in [9.17, 15) is 4.39 Å². The van der Waals surface area contributed by atoms with E-state index in [1.807, 2.05) is 6.07 Å². The van der Waals surface area contributed by atoms with Crippen LogP contribution in [-0.4, -0.2) is 13.1 Å². The summed E-state index contributed by atoms with van der Waals surface area (Å²) in [5.74, 6) is 0.484. The average Bonchev–Trinajstić information content (AvgIpc) is 2.32. The zero-order valence-corrected chi connectivity index (χ0v) is 10.1. The fourth-order valence-electron chi connectivity index (χ4n) is 2.24. The molecular weight excluding hydrogens is 225 g/mol. The minimum atomic E-state index is -0.327. The summed E-state index contributed by atoms with van der Waals surface area (Å²) in [6.45, 7) is 2.27. The number of nitrogens with one attached hydrogen (secondary N) is 1. The first kappa shape index (κ1) is 11.9. The van der Waals surface area contributed by atoms with Crippen molar-refractivity contribution in [2.24, 2.45) is 5.92 Å². The van der Waals surface area contributed by atoms with E-state index in [2.05, 4.69) is 5.32 Å². The Morgan fingerprint density at radius 1 is 1.31 bits per heavy atom. The predicted octanol–water partition coefficient (Wildman–Crippen LogP) is 3.41. The highest BCUT2D eigenvalue weighted by molar-refractivity contribution is 6.30. The summed E-state index contributed by atoms with van der Waals surface area (Å²) < 4.78 is 13.0. The first-order chi connectivity index (χ1) is 7.75. The summed E-state index contributed by atoms with van der Waals surface area (Å²) in [5, 5.41) is 3.60. The van der Waals surface area contributed by atoms with E-state index in [1.165, 1.54) is 25.3 Å². The lowest BCUT2D eigenvalue weighted by Gasteiger charge is -2.22. The molecule has 1 N–H and O–H groups in total. The molecule has 3 heteroatoms. The lowest BCUT2D eigenvalue weighted by molar-refractivity contribution is 0.354. The van der Waals surface area contributed by atoms with Crippen molar-refractivity contribution in [3.05, 3.63) is 34.6 Å². The van der Waals surface area contributed by atoms with Gasteiger partial charge in [-0.15, -0.1) is 0 Å². The fraction of sp³-hybridized carbons (Fsp3) is 0.538. The van der Waals surface area contributed by atoms with Crippen molar-refractivity contribution < 1.29 is 4.39 Å². The highest BCUT2D eigenvalue weighted by Crippen LogP contribution is 2.21. The van der Waals surface area contributed by atoms with Crippen LogP contribution in [0, 0.1) is 11.7 Å². The van der Waals surface area contributed by atoms with Gasteiger partial charge in [0.05, 0.1) is 5.02 Å². The van der Waals surface area contributed by atoms with Crippen molar-refractivity contribution in [1.29, 1.82) is 0 Å². The molecule has 88 valence electrons. The van der Waals surface area contributed by atoms with E-state index in [4.69, 9.17) is 11.6 Å². The van der Waals surface area contributed by atoms with Gasteiger partial charge in [-0.3, -0.25) is 0 Å². The number of rotatable bonds is 3. The van der Waals surface area contributed by atoms with Crippen molar-refractivity contribution >= 4 is 11.6 Å². The van der Waals surface area contributed by atoms with Crippen molar-refractivity contribution in [2.75, 3.05) is 13.1 Å². The van der Waals surface area contributed by atoms with Gasteiger partial charge in [-0.05, 0) is 62.4 Å². The van der Waals surface area contributed by atoms with E-state index in [-0.39, 0.29) is 10.8 Å². The first-order valence-corrected chi connectivity index (χ1v) is 6.28. The van der Waals surface area contributed by atoms with Gasteiger partial charge in [-0.2, -0.15) is 0 Å². The highest BCUT2D eigenvalue weighted by Gasteiger charge is 2.12. The third-order valence-corrected chi connectivity index (χ3v) is 3.57. The minimum absolute atomic E-state index is 0.239. The molecule has 1 aromatic rings. The molecule has 0 atom stereocenters. The Morgan fingerprint density at radius 2 is 2.06 bits per heavy atom. The third kappa shape index (κ3) is 3.19. The van der Waals surface area contributed by atoms with Crippen LogP contribution in [0.25, 0.3) is 0 Å². The Kier molecular flexibility index (Phi) is 4.19.